The fourth-order valence-corrected chi connectivity index (χ4v) is 3.88. The van der Waals surface area contributed by atoms with Crippen molar-refractivity contribution < 1.29 is 0 Å². The van der Waals surface area contributed by atoms with Gasteiger partial charge in [-0.15, -0.1) is 21.5 Å². The normalized spacial score (nSPS) is 11.0. The molecule has 24 heavy (non-hydrogen) atoms. The van der Waals surface area contributed by atoms with Gasteiger partial charge in [0, 0.05) is 17.8 Å². The molecule has 0 radical (unpaired) electrons. The number of aromatic nitrogens is 4. The lowest BCUT2D eigenvalue weighted by atomic mass is 10.2. The molecule has 120 valence electrons. The molecule has 3 N–H and O–H groups in total. The molecule has 3 aromatic heterocycles. The molecule has 0 fully saturated rings. The van der Waals surface area contributed by atoms with E-state index in [1.54, 1.807) is 7.05 Å². The molecule has 0 aliphatic heterocycles. The minimum atomic E-state index is -0.239. The summed E-state index contributed by atoms with van der Waals surface area (Å²) in [7, 11) is 1.78. The lowest BCUT2D eigenvalue weighted by molar-refractivity contribution is 0.825. The van der Waals surface area contributed by atoms with Gasteiger partial charge in [-0.2, -0.15) is 9.78 Å². The minimum Gasteiger partial charge on any atom is -0.390 e. The molecule has 0 aliphatic carbocycles. The van der Waals surface area contributed by atoms with Crippen LogP contribution < -0.4 is 16.6 Å². The summed E-state index contributed by atoms with van der Waals surface area (Å²) in [5, 5.41) is 20.5. The first-order chi connectivity index (χ1) is 11.7. The zero-order chi connectivity index (χ0) is 16.7. The lowest BCUT2D eigenvalue weighted by Gasteiger charge is -2.07. The van der Waals surface area contributed by atoms with Crippen molar-refractivity contribution in [3.63, 3.8) is 0 Å². The molecule has 9 heteroatoms. The fourth-order valence-electron chi connectivity index (χ4n) is 2.40. The van der Waals surface area contributed by atoms with E-state index in [2.05, 4.69) is 20.6 Å². The summed E-state index contributed by atoms with van der Waals surface area (Å²) in [5.74, 6) is 0. The summed E-state index contributed by atoms with van der Waals surface area (Å²) >= 11 is 2.69. The maximum atomic E-state index is 12.8. The summed E-state index contributed by atoms with van der Waals surface area (Å²) in [6, 6.07) is 9.25. The van der Waals surface area contributed by atoms with Gasteiger partial charge >= 0.3 is 0 Å². The SMILES string of the molecule is CNc1nnc(-c2nn(-c3ccccc3)c(=O)c3c(N)scc23)s1. The highest BCUT2D eigenvalue weighted by Crippen LogP contribution is 2.34. The quantitative estimate of drug-likeness (QED) is 0.585. The van der Waals surface area contributed by atoms with E-state index in [1.807, 2.05) is 35.7 Å². The van der Waals surface area contributed by atoms with Crippen LogP contribution in [-0.2, 0) is 0 Å². The second kappa shape index (κ2) is 5.69. The van der Waals surface area contributed by atoms with Gasteiger partial charge in [0.1, 0.15) is 5.69 Å². The maximum absolute atomic E-state index is 12.8. The van der Waals surface area contributed by atoms with E-state index >= 15 is 0 Å². The molecular weight excluding hydrogens is 344 g/mol. The van der Waals surface area contributed by atoms with E-state index in [0.717, 1.165) is 0 Å². The van der Waals surface area contributed by atoms with Gasteiger partial charge in [0.2, 0.25) is 5.13 Å². The number of hydrogen-bond donors (Lipinski definition) is 2. The molecule has 0 bridgehead atoms. The predicted octanol–water partition coefficient (Wildman–Crippen LogP) is 2.59. The van der Waals surface area contributed by atoms with Gasteiger partial charge in [-0.05, 0) is 12.1 Å². The van der Waals surface area contributed by atoms with Crippen molar-refractivity contribution in [2.24, 2.45) is 0 Å². The molecule has 0 unspecified atom stereocenters. The Bertz CT molecular complexity index is 1080. The number of nitrogens with zero attached hydrogens (tertiary/aromatic N) is 4. The first kappa shape index (κ1) is 14.8. The number of anilines is 2. The number of nitrogens with two attached hydrogens (primary N) is 1. The van der Waals surface area contributed by atoms with Crippen molar-refractivity contribution in [1.82, 2.24) is 20.0 Å². The highest BCUT2D eigenvalue weighted by molar-refractivity contribution is 7.18. The van der Waals surface area contributed by atoms with Crippen LogP contribution in [0.3, 0.4) is 0 Å². The average molecular weight is 356 g/mol. The van der Waals surface area contributed by atoms with Crippen LogP contribution >= 0.6 is 22.7 Å². The first-order valence-corrected chi connectivity index (χ1v) is 8.75. The van der Waals surface area contributed by atoms with Crippen LogP contribution in [0.5, 0.6) is 0 Å². The molecule has 0 saturated carbocycles. The molecule has 0 spiro atoms. The third-order valence-electron chi connectivity index (χ3n) is 3.52. The third-order valence-corrected chi connectivity index (χ3v) is 5.28. The van der Waals surface area contributed by atoms with Crippen LogP contribution in [0.1, 0.15) is 0 Å². The Hall–Kier alpha value is -2.78. The standard InChI is InChI=1S/C15H12N6OS2/c1-17-15-19-18-13(24-15)11-9-7-23-12(16)10(9)14(22)21(20-11)8-5-3-2-4-6-8/h2-7H,16H2,1H3,(H,17,19). The van der Waals surface area contributed by atoms with Gasteiger partial charge in [0.25, 0.3) is 5.56 Å². The van der Waals surface area contributed by atoms with E-state index < -0.39 is 0 Å². The lowest BCUT2D eigenvalue weighted by Crippen LogP contribution is -2.22. The minimum absolute atomic E-state index is 0.239. The summed E-state index contributed by atoms with van der Waals surface area (Å²) in [6.45, 7) is 0. The van der Waals surface area contributed by atoms with Crippen molar-refractivity contribution >= 4 is 43.6 Å². The van der Waals surface area contributed by atoms with Gasteiger partial charge in [-0.25, -0.2) is 0 Å². The van der Waals surface area contributed by atoms with E-state index in [-0.39, 0.29) is 5.56 Å². The molecule has 0 atom stereocenters. The van der Waals surface area contributed by atoms with Gasteiger partial charge < -0.3 is 11.1 Å². The summed E-state index contributed by atoms with van der Waals surface area (Å²) in [5.41, 5.74) is 7.07. The Morgan fingerprint density at radius 2 is 2.00 bits per heavy atom. The maximum Gasteiger partial charge on any atom is 0.282 e. The zero-order valence-electron chi connectivity index (χ0n) is 12.6. The molecule has 4 aromatic rings. The number of nitrogens with one attached hydrogen (secondary N) is 1. The summed E-state index contributed by atoms with van der Waals surface area (Å²) < 4.78 is 1.36. The van der Waals surface area contributed by atoms with Crippen LogP contribution in [0, 0.1) is 0 Å². The Morgan fingerprint density at radius 3 is 2.71 bits per heavy atom. The van der Waals surface area contributed by atoms with Crippen LogP contribution in [0.4, 0.5) is 10.1 Å². The second-order valence-corrected chi connectivity index (χ2v) is 6.84. The van der Waals surface area contributed by atoms with Crippen molar-refractivity contribution in [2.45, 2.75) is 0 Å². The number of rotatable bonds is 3. The zero-order valence-corrected chi connectivity index (χ0v) is 14.2. The van der Waals surface area contributed by atoms with E-state index in [9.17, 15) is 4.79 Å². The highest BCUT2D eigenvalue weighted by Gasteiger charge is 2.19. The predicted molar refractivity (Wildman–Crippen MR) is 98.1 cm³/mol. The molecule has 4 rings (SSSR count). The topological polar surface area (TPSA) is 98.7 Å². The van der Waals surface area contributed by atoms with Crippen LogP contribution in [-0.4, -0.2) is 27.0 Å². The molecule has 1 aromatic carbocycles. The van der Waals surface area contributed by atoms with Crippen LogP contribution in [0.15, 0.2) is 40.5 Å². The van der Waals surface area contributed by atoms with Crippen molar-refractivity contribution in [2.75, 3.05) is 18.1 Å². The average Bonchev–Trinajstić information content (AvgIpc) is 3.23. The number of hydrogen-bond acceptors (Lipinski definition) is 8. The molecule has 0 amide bonds. The molecule has 3 heterocycles. The van der Waals surface area contributed by atoms with Crippen molar-refractivity contribution in [3.05, 3.63) is 46.1 Å². The molecular formula is C15H12N6OS2. The Kier molecular flexibility index (Phi) is 3.51. The van der Waals surface area contributed by atoms with Gasteiger partial charge in [-0.1, -0.05) is 29.5 Å². The smallest absolute Gasteiger partial charge is 0.282 e. The van der Waals surface area contributed by atoms with E-state index in [0.29, 0.717) is 37.3 Å². The Balaban J connectivity index is 2.06. The fraction of sp³-hybridized carbons (Fsp3) is 0.0667. The highest BCUT2D eigenvalue weighted by atomic mass is 32.1. The van der Waals surface area contributed by atoms with Gasteiger partial charge in [0.05, 0.1) is 16.1 Å². The van der Waals surface area contributed by atoms with Crippen LogP contribution in [0.2, 0.25) is 0 Å². The Morgan fingerprint density at radius 1 is 1.21 bits per heavy atom. The largest absolute Gasteiger partial charge is 0.390 e. The molecule has 0 saturated heterocycles. The number of fused-ring (bicyclic) bond motifs is 1. The van der Waals surface area contributed by atoms with E-state index in [4.69, 9.17) is 5.73 Å². The summed E-state index contributed by atoms with van der Waals surface area (Å²) in [6.07, 6.45) is 0. The number of para-hydroxylation sites is 1. The number of thiophene rings is 1. The third kappa shape index (κ3) is 2.25. The van der Waals surface area contributed by atoms with Crippen molar-refractivity contribution in [1.29, 1.82) is 0 Å². The first-order valence-electron chi connectivity index (χ1n) is 7.06. The van der Waals surface area contributed by atoms with Crippen LogP contribution in [0.25, 0.3) is 27.2 Å². The van der Waals surface area contributed by atoms with Crippen molar-refractivity contribution in [3.8, 4) is 16.4 Å². The monoisotopic (exact) mass is 356 g/mol. The molecule has 7 nitrogen and oxygen atoms in total. The number of nitrogen functional groups attached to an aromatic ring is 1. The van der Waals surface area contributed by atoms with E-state index in [1.165, 1.54) is 27.4 Å². The summed E-state index contributed by atoms with van der Waals surface area (Å²) in [4.78, 5) is 12.8. The number of benzene rings is 1. The second-order valence-electron chi connectivity index (χ2n) is 4.95. The van der Waals surface area contributed by atoms with Gasteiger partial charge in [-0.3, -0.25) is 4.79 Å². The Labute approximate surface area is 144 Å². The molecule has 0 aliphatic rings. The van der Waals surface area contributed by atoms with Gasteiger partial charge in [0.15, 0.2) is 5.01 Å².